The van der Waals surface area contributed by atoms with Gasteiger partial charge in [-0.05, 0) is 25.4 Å². The molecule has 0 radical (unpaired) electrons. The summed E-state index contributed by atoms with van der Waals surface area (Å²) in [6.07, 6.45) is -0.817. The zero-order valence-electron chi connectivity index (χ0n) is 13.8. The van der Waals surface area contributed by atoms with Crippen LogP contribution in [0.3, 0.4) is 0 Å². The second-order valence-corrected chi connectivity index (χ2v) is 5.63. The summed E-state index contributed by atoms with van der Waals surface area (Å²) in [4.78, 5) is 36.3. The lowest BCUT2D eigenvalue weighted by atomic mass is 9.86. The van der Waals surface area contributed by atoms with Crippen LogP contribution < -0.4 is 0 Å². The molecule has 0 aliphatic carbocycles. The van der Waals surface area contributed by atoms with E-state index in [-0.39, 0.29) is 18.8 Å². The average molecular weight is 377 g/mol. The second-order valence-electron chi connectivity index (χ2n) is 5.12. The van der Waals surface area contributed by atoms with Gasteiger partial charge in [0.1, 0.15) is 0 Å². The Labute approximate surface area is 149 Å². The molecule has 0 aliphatic rings. The third-order valence-corrected chi connectivity index (χ3v) is 3.69. The lowest BCUT2D eigenvalue weighted by Gasteiger charge is -2.26. The highest BCUT2D eigenvalue weighted by Crippen LogP contribution is 2.39. The van der Waals surface area contributed by atoms with Crippen molar-refractivity contribution >= 4 is 29.3 Å². The van der Waals surface area contributed by atoms with Gasteiger partial charge in [0.2, 0.25) is 0 Å². The average Bonchev–Trinajstić information content (AvgIpc) is 2.54. The summed E-state index contributed by atoms with van der Waals surface area (Å²) in [7, 11) is 0. The van der Waals surface area contributed by atoms with E-state index in [2.05, 4.69) is 0 Å². The fourth-order valence-electron chi connectivity index (χ4n) is 2.25. The number of Topliss-reactive ketones (excluding diaryl/α,β-unsaturated/α-hetero) is 1. The Morgan fingerprint density at radius 3 is 1.92 bits per heavy atom. The first kappa shape index (κ1) is 21.0. The van der Waals surface area contributed by atoms with Gasteiger partial charge in [0.25, 0.3) is 0 Å². The topological polar surface area (TPSA) is 69.7 Å². The Kier molecular flexibility index (Phi) is 7.96. The van der Waals surface area contributed by atoms with Gasteiger partial charge in [-0.1, -0.05) is 30.3 Å². The predicted molar refractivity (Wildman–Crippen MR) is 86.4 cm³/mol. The number of ketones is 1. The van der Waals surface area contributed by atoms with Gasteiger partial charge in [0, 0.05) is 12.0 Å². The van der Waals surface area contributed by atoms with Crippen LogP contribution in [0.25, 0.3) is 0 Å². The van der Waals surface area contributed by atoms with Crippen molar-refractivity contribution in [1.29, 1.82) is 0 Å². The molecule has 1 rings (SSSR count). The Balaban J connectivity index is 3.17. The van der Waals surface area contributed by atoms with Crippen LogP contribution in [0.2, 0.25) is 0 Å². The van der Waals surface area contributed by atoms with E-state index in [4.69, 9.17) is 21.1 Å². The number of carbonyl (C=O) groups is 3. The first-order chi connectivity index (χ1) is 11.7. The number of ether oxygens (including phenoxy) is 2. The van der Waals surface area contributed by atoms with Crippen LogP contribution in [0.1, 0.15) is 30.6 Å². The van der Waals surface area contributed by atoms with Crippen LogP contribution in [0.15, 0.2) is 30.3 Å². The lowest BCUT2D eigenvalue weighted by molar-refractivity contribution is -0.169. The van der Waals surface area contributed by atoms with Crippen LogP contribution >= 0.6 is 11.6 Å². The smallest absolute Gasteiger partial charge is 0.326 e. The first-order valence-corrected chi connectivity index (χ1v) is 8.08. The predicted octanol–water partition coefficient (Wildman–Crippen LogP) is 3.45. The summed E-state index contributed by atoms with van der Waals surface area (Å²) in [5, 5.41) is -3.99. The highest BCUT2D eigenvalue weighted by atomic mass is 35.5. The molecule has 0 aliphatic heterocycles. The van der Waals surface area contributed by atoms with E-state index >= 15 is 0 Å². The van der Waals surface area contributed by atoms with E-state index in [0.29, 0.717) is 0 Å². The lowest BCUT2D eigenvalue weighted by Crippen LogP contribution is -2.42. The molecule has 1 atom stereocenters. The van der Waals surface area contributed by atoms with E-state index in [0.717, 1.165) is 0 Å². The van der Waals surface area contributed by atoms with E-state index < -0.39 is 41.4 Å². The molecule has 0 spiro atoms. The summed E-state index contributed by atoms with van der Waals surface area (Å²) >= 11 is 5.11. The molecular weight excluding hydrogens is 358 g/mol. The van der Waals surface area contributed by atoms with Crippen LogP contribution in [-0.2, 0) is 19.1 Å². The molecule has 0 saturated heterocycles. The van der Waals surface area contributed by atoms with E-state index in [9.17, 15) is 23.2 Å². The van der Waals surface area contributed by atoms with Gasteiger partial charge >= 0.3 is 17.3 Å². The summed E-state index contributed by atoms with van der Waals surface area (Å²) in [6.45, 7) is 2.68. The molecule has 1 aromatic rings. The quantitative estimate of drug-likeness (QED) is 0.286. The normalized spacial score (nSPS) is 12.6. The number of halogens is 3. The molecule has 0 saturated carbocycles. The molecule has 5 nitrogen and oxygen atoms in total. The minimum Gasteiger partial charge on any atom is -0.465 e. The number of alkyl halides is 3. The number of hydrogen-bond donors (Lipinski definition) is 0. The minimum atomic E-state index is -3.99. The second kappa shape index (κ2) is 9.46. The highest BCUT2D eigenvalue weighted by Gasteiger charge is 2.51. The monoisotopic (exact) mass is 376 g/mol. The molecule has 0 N–H and O–H groups in total. The van der Waals surface area contributed by atoms with Crippen molar-refractivity contribution in [3.63, 3.8) is 0 Å². The van der Waals surface area contributed by atoms with Crippen LogP contribution in [0.5, 0.6) is 0 Å². The van der Waals surface area contributed by atoms with Gasteiger partial charge in [-0.3, -0.25) is 14.4 Å². The van der Waals surface area contributed by atoms with Crippen molar-refractivity contribution in [2.45, 2.75) is 25.7 Å². The summed E-state index contributed by atoms with van der Waals surface area (Å²) in [5.74, 6) is -7.18. The van der Waals surface area contributed by atoms with E-state index in [1.807, 2.05) is 0 Å². The van der Waals surface area contributed by atoms with Crippen molar-refractivity contribution < 1.29 is 32.6 Å². The summed E-state index contributed by atoms with van der Waals surface area (Å²) < 4.78 is 37.2. The van der Waals surface area contributed by atoms with Crippen LogP contribution in [-0.4, -0.2) is 36.3 Å². The van der Waals surface area contributed by atoms with Crippen LogP contribution in [0, 0.1) is 11.8 Å². The fraction of sp³-hybridized carbons (Fsp3) is 0.471. The van der Waals surface area contributed by atoms with Crippen molar-refractivity contribution in [2.24, 2.45) is 11.8 Å². The molecule has 0 bridgehead atoms. The van der Waals surface area contributed by atoms with E-state index in [1.54, 1.807) is 18.2 Å². The zero-order valence-corrected chi connectivity index (χ0v) is 14.6. The maximum atomic E-state index is 13.9. The Bertz CT molecular complexity index is 583. The van der Waals surface area contributed by atoms with Crippen molar-refractivity contribution in [3.8, 4) is 0 Å². The Morgan fingerprint density at radius 2 is 1.52 bits per heavy atom. The largest absolute Gasteiger partial charge is 0.465 e. The third kappa shape index (κ3) is 6.08. The molecule has 0 unspecified atom stereocenters. The van der Waals surface area contributed by atoms with E-state index in [1.165, 1.54) is 26.0 Å². The number of esters is 2. The number of carbonyl (C=O) groups excluding carboxylic acids is 3. The van der Waals surface area contributed by atoms with Gasteiger partial charge < -0.3 is 9.47 Å². The first-order valence-electron chi connectivity index (χ1n) is 7.70. The minimum absolute atomic E-state index is 0.123. The molecule has 25 heavy (non-hydrogen) atoms. The molecule has 138 valence electrons. The Morgan fingerprint density at radius 1 is 1.04 bits per heavy atom. The molecule has 1 aromatic carbocycles. The SMILES string of the molecule is CCOC(=O)C(C(=O)OCC)[C@H](CC(=O)c1ccccc1)C(F)(F)Cl. The molecule has 8 heteroatoms. The molecular formula is C17H19ClF2O5. The van der Waals surface area contributed by atoms with Crippen molar-refractivity contribution in [2.75, 3.05) is 13.2 Å². The summed E-state index contributed by atoms with van der Waals surface area (Å²) in [5.41, 5.74) is 0.167. The van der Waals surface area contributed by atoms with Crippen LogP contribution in [0.4, 0.5) is 8.78 Å². The Hall–Kier alpha value is -2.02. The maximum Gasteiger partial charge on any atom is 0.326 e. The molecule has 0 aromatic heterocycles. The highest BCUT2D eigenvalue weighted by molar-refractivity contribution is 6.22. The van der Waals surface area contributed by atoms with Crippen molar-refractivity contribution in [1.82, 2.24) is 0 Å². The van der Waals surface area contributed by atoms with Gasteiger partial charge in [-0.15, -0.1) is 0 Å². The third-order valence-electron chi connectivity index (χ3n) is 3.40. The molecule has 0 heterocycles. The molecule has 0 fully saturated rings. The summed E-state index contributed by atoms with van der Waals surface area (Å²) in [6, 6.07) is 7.67. The van der Waals surface area contributed by atoms with Gasteiger partial charge in [0.15, 0.2) is 11.7 Å². The zero-order chi connectivity index (χ0) is 19.0. The van der Waals surface area contributed by atoms with Crippen molar-refractivity contribution in [3.05, 3.63) is 35.9 Å². The number of benzene rings is 1. The maximum absolute atomic E-state index is 13.9. The van der Waals surface area contributed by atoms with Gasteiger partial charge in [-0.25, -0.2) is 0 Å². The van der Waals surface area contributed by atoms with Gasteiger partial charge in [-0.2, -0.15) is 8.78 Å². The number of hydrogen-bond acceptors (Lipinski definition) is 5. The van der Waals surface area contributed by atoms with Gasteiger partial charge in [0.05, 0.1) is 19.1 Å². The fourth-order valence-corrected chi connectivity index (χ4v) is 2.46. The standard InChI is InChI=1S/C17H19ClF2O5/c1-3-24-15(22)14(16(23)25-4-2)12(17(18,19)20)10-13(21)11-8-6-5-7-9-11/h5-9,12,14H,3-4,10H2,1-2H3/t12-/m0/s1. The number of rotatable bonds is 9. The molecule has 0 amide bonds.